The lowest BCUT2D eigenvalue weighted by Crippen LogP contribution is -2.11. The SMILES string of the molecule is Cc1ccc(Br)c(C(=O)c2ccc(C(C)(C)C)cc2)c1. The Hall–Kier alpha value is -1.41. The summed E-state index contributed by atoms with van der Waals surface area (Å²) in [5, 5.41) is 0. The molecule has 0 aliphatic carbocycles. The predicted octanol–water partition coefficient (Wildman–Crippen LogP) is 5.29. The highest BCUT2D eigenvalue weighted by molar-refractivity contribution is 9.10. The topological polar surface area (TPSA) is 17.1 Å². The van der Waals surface area contributed by atoms with Crippen molar-refractivity contribution in [2.24, 2.45) is 0 Å². The van der Waals surface area contributed by atoms with Gasteiger partial charge in [-0.3, -0.25) is 4.79 Å². The first-order chi connectivity index (χ1) is 9.29. The molecule has 0 aliphatic heterocycles. The van der Waals surface area contributed by atoms with Gasteiger partial charge in [0.05, 0.1) is 0 Å². The van der Waals surface area contributed by atoms with E-state index in [0.29, 0.717) is 5.56 Å². The molecule has 0 N–H and O–H groups in total. The Balaban J connectivity index is 2.37. The molecule has 1 nitrogen and oxygen atoms in total. The lowest BCUT2D eigenvalue weighted by atomic mass is 9.86. The zero-order valence-electron chi connectivity index (χ0n) is 12.3. The van der Waals surface area contributed by atoms with Crippen LogP contribution in [-0.2, 0) is 5.41 Å². The van der Waals surface area contributed by atoms with Crippen LogP contribution in [0.1, 0.15) is 47.8 Å². The first-order valence-electron chi connectivity index (χ1n) is 6.70. The summed E-state index contributed by atoms with van der Waals surface area (Å²) in [6.07, 6.45) is 0. The molecule has 2 aromatic rings. The molecule has 0 saturated heterocycles. The molecule has 0 aromatic heterocycles. The zero-order valence-corrected chi connectivity index (χ0v) is 13.9. The Morgan fingerprint density at radius 2 is 1.60 bits per heavy atom. The van der Waals surface area contributed by atoms with Crippen LogP contribution in [0.3, 0.4) is 0 Å². The van der Waals surface area contributed by atoms with Gasteiger partial charge < -0.3 is 0 Å². The maximum Gasteiger partial charge on any atom is 0.194 e. The summed E-state index contributed by atoms with van der Waals surface area (Å²) in [4.78, 5) is 12.6. The summed E-state index contributed by atoms with van der Waals surface area (Å²) in [5.41, 5.74) is 3.86. The fourth-order valence-corrected chi connectivity index (χ4v) is 2.52. The van der Waals surface area contributed by atoms with Crippen LogP contribution >= 0.6 is 15.9 Å². The summed E-state index contributed by atoms with van der Waals surface area (Å²) in [5.74, 6) is 0.0565. The van der Waals surface area contributed by atoms with Crippen LogP contribution < -0.4 is 0 Å². The van der Waals surface area contributed by atoms with Gasteiger partial charge in [-0.15, -0.1) is 0 Å². The molecule has 0 heterocycles. The molecule has 0 spiro atoms. The lowest BCUT2D eigenvalue weighted by molar-refractivity contribution is 0.103. The third-order valence-corrected chi connectivity index (χ3v) is 4.07. The van der Waals surface area contributed by atoms with Gasteiger partial charge in [0.1, 0.15) is 0 Å². The largest absolute Gasteiger partial charge is 0.289 e. The van der Waals surface area contributed by atoms with Crippen molar-refractivity contribution < 1.29 is 4.79 Å². The van der Waals surface area contributed by atoms with Gasteiger partial charge in [0.2, 0.25) is 0 Å². The van der Waals surface area contributed by atoms with E-state index in [2.05, 4.69) is 36.7 Å². The number of aryl methyl sites for hydroxylation is 1. The molecule has 104 valence electrons. The number of hydrogen-bond donors (Lipinski definition) is 0. The maximum atomic E-state index is 12.6. The van der Waals surface area contributed by atoms with Gasteiger partial charge in [-0.25, -0.2) is 0 Å². The minimum Gasteiger partial charge on any atom is -0.289 e. The van der Waals surface area contributed by atoms with Crippen LogP contribution in [-0.4, -0.2) is 5.78 Å². The van der Waals surface area contributed by atoms with Crippen molar-refractivity contribution in [1.29, 1.82) is 0 Å². The molecule has 0 aliphatic rings. The number of benzene rings is 2. The smallest absolute Gasteiger partial charge is 0.194 e. The number of carbonyl (C=O) groups is 1. The molecule has 2 heteroatoms. The molecule has 0 unspecified atom stereocenters. The molecule has 0 atom stereocenters. The van der Waals surface area contributed by atoms with E-state index in [1.54, 1.807) is 0 Å². The summed E-state index contributed by atoms with van der Waals surface area (Å²) in [6.45, 7) is 8.49. The first-order valence-corrected chi connectivity index (χ1v) is 7.50. The normalized spacial score (nSPS) is 11.4. The summed E-state index contributed by atoms with van der Waals surface area (Å²) in [6, 6.07) is 13.7. The zero-order chi connectivity index (χ0) is 14.9. The average molecular weight is 331 g/mol. The summed E-state index contributed by atoms with van der Waals surface area (Å²) in [7, 11) is 0. The molecule has 0 saturated carbocycles. The molecule has 0 bridgehead atoms. The highest BCUT2D eigenvalue weighted by Crippen LogP contribution is 2.25. The fourth-order valence-electron chi connectivity index (χ4n) is 2.09. The van der Waals surface area contributed by atoms with Crippen LogP contribution in [0, 0.1) is 6.92 Å². The third kappa shape index (κ3) is 3.18. The van der Waals surface area contributed by atoms with E-state index in [1.807, 2.05) is 49.4 Å². The quantitative estimate of drug-likeness (QED) is 0.684. The Morgan fingerprint density at radius 3 is 2.15 bits per heavy atom. The van der Waals surface area contributed by atoms with E-state index in [-0.39, 0.29) is 11.2 Å². The van der Waals surface area contributed by atoms with E-state index in [4.69, 9.17) is 0 Å². The highest BCUT2D eigenvalue weighted by Gasteiger charge is 2.16. The number of ketones is 1. The van der Waals surface area contributed by atoms with E-state index in [9.17, 15) is 4.79 Å². The van der Waals surface area contributed by atoms with Gasteiger partial charge in [-0.05, 0) is 30.0 Å². The Morgan fingerprint density at radius 1 is 1.00 bits per heavy atom. The molecule has 2 aromatic carbocycles. The Bertz CT molecular complexity index is 633. The molecule has 2 rings (SSSR count). The summed E-state index contributed by atoms with van der Waals surface area (Å²) >= 11 is 3.45. The van der Waals surface area contributed by atoms with Crippen molar-refractivity contribution in [3.05, 3.63) is 69.2 Å². The van der Waals surface area contributed by atoms with Crippen molar-refractivity contribution >= 4 is 21.7 Å². The van der Waals surface area contributed by atoms with Gasteiger partial charge in [-0.1, -0.05) is 72.6 Å². The number of rotatable bonds is 2. The molecule has 0 radical (unpaired) electrons. The van der Waals surface area contributed by atoms with Crippen molar-refractivity contribution in [2.75, 3.05) is 0 Å². The molecular formula is C18H19BrO. The molecule has 0 amide bonds. The number of halogens is 1. The van der Waals surface area contributed by atoms with Crippen molar-refractivity contribution in [3.63, 3.8) is 0 Å². The van der Waals surface area contributed by atoms with Crippen LogP contribution in [0.25, 0.3) is 0 Å². The van der Waals surface area contributed by atoms with Crippen LogP contribution in [0.15, 0.2) is 46.9 Å². The van der Waals surface area contributed by atoms with Crippen LogP contribution in [0.5, 0.6) is 0 Å². The van der Waals surface area contributed by atoms with Gasteiger partial charge in [0.15, 0.2) is 5.78 Å². The second kappa shape index (κ2) is 5.53. The minimum atomic E-state index is 0.0565. The van der Waals surface area contributed by atoms with Crippen molar-refractivity contribution in [2.45, 2.75) is 33.1 Å². The second-order valence-electron chi connectivity index (χ2n) is 6.14. The summed E-state index contributed by atoms with van der Waals surface area (Å²) < 4.78 is 0.841. The van der Waals surface area contributed by atoms with Gasteiger partial charge in [-0.2, -0.15) is 0 Å². The Labute approximate surface area is 129 Å². The van der Waals surface area contributed by atoms with E-state index >= 15 is 0 Å². The highest BCUT2D eigenvalue weighted by atomic mass is 79.9. The molecule has 20 heavy (non-hydrogen) atoms. The fraction of sp³-hybridized carbons (Fsp3) is 0.278. The van der Waals surface area contributed by atoms with Crippen molar-refractivity contribution in [3.8, 4) is 0 Å². The third-order valence-electron chi connectivity index (χ3n) is 3.38. The monoisotopic (exact) mass is 330 g/mol. The number of carbonyl (C=O) groups excluding carboxylic acids is 1. The second-order valence-corrected chi connectivity index (χ2v) is 6.99. The first kappa shape index (κ1) is 15.0. The average Bonchev–Trinajstić information content (AvgIpc) is 2.40. The minimum absolute atomic E-state index is 0.0565. The van der Waals surface area contributed by atoms with Crippen LogP contribution in [0.4, 0.5) is 0 Å². The molecule has 0 fully saturated rings. The Kier molecular flexibility index (Phi) is 4.14. The maximum absolute atomic E-state index is 12.6. The van der Waals surface area contributed by atoms with Gasteiger partial charge in [0, 0.05) is 15.6 Å². The van der Waals surface area contributed by atoms with E-state index < -0.39 is 0 Å². The predicted molar refractivity (Wildman–Crippen MR) is 87.5 cm³/mol. The van der Waals surface area contributed by atoms with E-state index in [1.165, 1.54) is 5.56 Å². The lowest BCUT2D eigenvalue weighted by Gasteiger charge is -2.19. The molecular weight excluding hydrogens is 312 g/mol. The van der Waals surface area contributed by atoms with Gasteiger partial charge in [0.25, 0.3) is 0 Å². The van der Waals surface area contributed by atoms with Crippen LogP contribution in [0.2, 0.25) is 0 Å². The standard InChI is InChI=1S/C18H19BrO/c1-12-5-10-16(19)15(11-12)17(20)13-6-8-14(9-7-13)18(2,3)4/h5-11H,1-4H3. The van der Waals surface area contributed by atoms with Gasteiger partial charge >= 0.3 is 0 Å². The number of hydrogen-bond acceptors (Lipinski definition) is 1. The van der Waals surface area contributed by atoms with E-state index in [0.717, 1.165) is 15.6 Å². The van der Waals surface area contributed by atoms with Crippen molar-refractivity contribution in [1.82, 2.24) is 0 Å².